The molecule has 126 heavy (non-hydrogen) atoms. The molecule has 0 saturated heterocycles. The fourth-order valence-corrected chi connectivity index (χ4v) is 19.1. The van der Waals surface area contributed by atoms with Crippen LogP contribution in [0.1, 0.15) is 747 Å². The van der Waals surface area contributed by atoms with Gasteiger partial charge in [0, 0.05) is 63.0 Å². The largest absolute Gasteiger partial charge is 0.396 e. The van der Waals surface area contributed by atoms with Gasteiger partial charge in [0.25, 0.3) is 0 Å². The second-order valence-corrected chi connectivity index (χ2v) is 41.1. The summed E-state index contributed by atoms with van der Waals surface area (Å²) in [4.78, 5) is 0. The first-order valence-corrected chi connectivity index (χ1v) is 60.1. The van der Waals surface area contributed by atoms with Gasteiger partial charge < -0.3 is 20.4 Å². The van der Waals surface area contributed by atoms with E-state index in [4.69, 9.17) is 20.4 Å². The molecule has 0 spiro atoms. The van der Waals surface area contributed by atoms with Crippen LogP contribution in [-0.4, -0.2) is 46.9 Å². The van der Waals surface area contributed by atoms with Crippen molar-refractivity contribution < 1.29 is 57.0 Å². The standard InChI is InChI=1S/4C30H62O.Mn.Zn/c4*1-2-3-4-5-6-7-8-9-10-11-12-13-14-15-16-17-18-19-20-21-22-23-24-25-26-27-28-29-30-31;;/h4*31H,2-30H2,1H3;;. The predicted molar refractivity (Wildman–Crippen MR) is 568 cm³/mol. The quantitative estimate of drug-likeness (QED) is 0.0361. The third-order valence-corrected chi connectivity index (χ3v) is 28.0. The molecule has 0 aromatic carbocycles. The Bertz CT molecular complexity index is 1290. The van der Waals surface area contributed by atoms with Gasteiger partial charge in [-0.25, -0.2) is 0 Å². The maximum Gasteiger partial charge on any atom is 0.0431 e. The normalized spacial score (nSPS) is 11.2. The van der Waals surface area contributed by atoms with Crippen LogP contribution < -0.4 is 0 Å². The van der Waals surface area contributed by atoms with Crippen molar-refractivity contribution in [1.82, 2.24) is 0 Å². The molecule has 0 saturated carbocycles. The van der Waals surface area contributed by atoms with E-state index in [1.807, 2.05) is 0 Å². The molecule has 4 nitrogen and oxygen atoms in total. The van der Waals surface area contributed by atoms with Gasteiger partial charge in [-0.15, -0.1) is 0 Å². The molecule has 0 unspecified atom stereocenters. The van der Waals surface area contributed by atoms with Crippen LogP contribution in [0.2, 0.25) is 0 Å². The third kappa shape index (κ3) is 151. The summed E-state index contributed by atoms with van der Waals surface area (Å²) in [6, 6.07) is 0. The van der Waals surface area contributed by atoms with E-state index in [0.717, 1.165) is 25.7 Å². The fraction of sp³-hybridized carbons (Fsp3) is 1.00. The summed E-state index contributed by atoms with van der Waals surface area (Å²) in [5.41, 5.74) is 0. The Hall–Kier alpha value is 0.983. The van der Waals surface area contributed by atoms with Crippen LogP contribution in [0.25, 0.3) is 0 Å². The van der Waals surface area contributed by atoms with Crippen molar-refractivity contribution in [3.63, 3.8) is 0 Å². The molecule has 0 aromatic rings. The van der Waals surface area contributed by atoms with Crippen LogP contribution in [0.4, 0.5) is 0 Å². The van der Waals surface area contributed by atoms with Gasteiger partial charge >= 0.3 is 0 Å². The molecule has 0 aliphatic carbocycles. The zero-order valence-electron chi connectivity index (χ0n) is 88.9. The van der Waals surface area contributed by atoms with Gasteiger partial charge in [-0.05, 0) is 25.7 Å². The topological polar surface area (TPSA) is 80.9 Å². The first-order valence-electron chi connectivity index (χ1n) is 60.1. The van der Waals surface area contributed by atoms with Gasteiger partial charge in [0.1, 0.15) is 0 Å². The van der Waals surface area contributed by atoms with Crippen molar-refractivity contribution in [2.45, 2.75) is 747 Å². The van der Waals surface area contributed by atoms with Crippen LogP contribution in [0, 0.1) is 0 Å². The van der Waals surface area contributed by atoms with Crippen LogP contribution in [-0.2, 0) is 36.5 Å². The third-order valence-electron chi connectivity index (χ3n) is 28.0. The predicted octanol–water partition coefficient (Wildman–Crippen LogP) is 43.7. The van der Waals surface area contributed by atoms with Gasteiger partial charge in [0.15, 0.2) is 0 Å². The number of hydrogen-bond donors (Lipinski definition) is 4. The minimum atomic E-state index is 0. The maximum absolute atomic E-state index is 8.76. The minimum absolute atomic E-state index is 0. The number of rotatable bonds is 112. The summed E-state index contributed by atoms with van der Waals surface area (Å²) in [5, 5.41) is 35.0. The molecular weight excluding hydrogens is 1630 g/mol. The van der Waals surface area contributed by atoms with Gasteiger partial charge in [0.05, 0.1) is 0 Å². The average Bonchev–Trinajstić information content (AvgIpc) is 1.16. The smallest absolute Gasteiger partial charge is 0.0431 e. The van der Waals surface area contributed by atoms with E-state index in [9.17, 15) is 0 Å². The minimum Gasteiger partial charge on any atom is -0.396 e. The van der Waals surface area contributed by atoms with Crippen molar-refractivity contribution in [1.29, 1.82) is 0 Å². The van der Waals surface area contributed by atoms with Crippen molar-refractivity contribution >= 4 is 0 Å². The van der Waals surface area contributed by atoms with E-state index in [2.05, 4.69) is 27.7 Å². The fourth-order valence-electron chi connectivity index (χ4n) is 19.1. The zero-order chi connectivity index (χ0) is 90.0. The van der Waals surface area contributed by atoms with Crippen LogP contribution in [0.5, 0.6) is 0 Å². The Kier molecular flexibility index (Phi) is 157. The molecule has 1 radical (unpaired) electrons. The number of unbranched alkanes of at least 4 members (excludes halogenated alkanes) is 108. The SMILES string of the molecule is CCCCCCCCCCCCCCCCCCCCCCCCCCCCCCO.CCCCCCCCCCCCCCCCCCCCCCCCCCCCCCO.CCCCCCCCCCCCCCCCCCCCCCCCCCCCCCO.CCCCCCCCCCCCCCCCCCCCCCCCCCCCCCO.[Mn].[Zn]. The van der Waals surface area contributed by atoms with Crippen molar-refractivity contribution in [3.05, 3.63) is 0 Å². The van der Waals surface area contributed by atoms with E-state index in [0.29, 0.717) is 26.4 Å². The van der Waals surface area contributed by atoms with E-state index < -0.39 is 0 Å². The summed E-state index contributed by atoms with van der Waals surface area (Å²) in [5.74, 6) is 0. The molecule has 0 aliphatic rings. The monoisotopic (exact) mass is 1870 g/mol. The van der Waals surface area contributed by atoms with Crippen LogP contribution >= 0.6 is 0 Å². The van der Waals surface area contributed by atoms with E-state index in [1.165, 1.54) is 693 Å². The van der Waals surface area contributed by atoms with Crippen molar-refractivity contribution in [2.24, 2.45) is 0 Å². The number of aliphatic hydroxyl groups is 4. The molecule has 761 valence electrons. The first-order chi connectivity index (χ1) is 61.7. The Morgan fingerprint density at radius 3 is 0.159 bits per heavy atom. The molecule has 0 rings (SSSR count). The first kappa shape index (κ1) is 138. The van der Waals surface area contributed by atoms with Crippen LogP contribution in [0.3, 0.4) is 0 Å². The molecule has 0 atom stereocenters. The van der Waals surface area contributed by atoms with Gasteiger partial charge in [-0.2, -0.15) is 0 Å². The molecule has 0 bridgehead atoms. The molecule has 0 fully saturated rings. The van der Waals surface area contributed by atoms with Gasteiger partial charge in [-0.3, -0.25) is 0 Å². The maximum atomic E-state index is 8.76. The second kappa shape index (κ2) is 144. The average molecular weight is 1880 g/mol. The Morgan fingerprint density at radius 1 is 0.0794 bits per heavy atom. The summed E-state index contributed by atoms with van der Waals surface area (Å²) in [6.45, 7) is 10.7. The summed E-state index contributed by atoms with van der Waals surface area (Å²) in [6.07, 6.45) is 160. The number of aliphatic hydroxyl groups excluding tert-OH is 4. The van der Waals surface area contributed by atoms with Crippen LogP contribution in [0.15, 0.2) is 0 Å². The Labute approximate surface area is 824 Å². The molecule has 6 heteroatoms. The number of hydrogen-bond acceptors (Lipinski definition) is 4. The molecule has 0 aliphatic heterocycles. The van der Waals surface area contributed by atoms with Gasteiger partial charge in [-0.1, -0.05) is 721 Å². The second-order valence-electron chi connectivity index (χ2n) is 41.1. The molecule has 0 heterocycles. The van der Waals surface area contributed by atoms with E-state index >= 15 is 0 Å². The molecule has 0 amide bonds. The summed E-state index contributed by atoms with van der Waals surface area (Å²) >= 11 is 0. The van der Waals surface area contributed by atoms with Crippen molar-refractivity contribution in [2.75, 3.05) is 26.4 Å². The Balaban J connectivity index is -0.000000379. The summed E-state index contributed by atoms with van der Waals surface area (Å²) in [7, 11) is 0. The molecule has 4 N–H and O–H groups in total. The summed E-state index contributed by atoms with van der Waals surface area (Å²) < 4.78 is 0. The molecular formula is C120H248MnO4Zn. The zero-order valence-corrected chi connectivity index (χ0v) is 93.0. The van der Waals surface area contributed by atoms with E-state index in [-0.39, 0.29) is 36.5 Å². The Morgan fingerprint density at radius 2 is 0.119 bits per heavy atom. The van der Waals surface area contributed by atoms with Crippen molar-refractivity contribution in [3.8, 4) is 0 Å². The van der Waals surface area contributed by atoms with E-state index in [1.54, 1.807) is 0 Å². The van der Waals surface area contributed by atoms with Gasteiger partial charge in [0.2, 0.25) is 0 Å². The molecule has 0 aromatic heterocycles.